The van der Waals surface area contributed by atoms with E-state index < -0.39 is 24.0 Å². The van der Waals surface area contributed by atoms with E-state index in [2.05, 4.69) is 5.32 Å². The van der Waals surface area contributed by atoms with Crippen LogP contribution in [0.3, 0.4) is 0 Å². The fraction of sp³-hybridized carbons (Fsp3) is 0.174. The molecule has 0 saturated heterocycles. The molecule has 0 bridgehead atoms. The molecule has 2 aromatic carbocycles. The molecular weight excluding hydrogens is 387 g/mol. The molecule has 0 spiro atoms. The van der Waals surface area contributed by atoms with E-state index in [1.54, 1.807) is 29.0 Å². The van der Waals surface area contributed by atoms with Gasteiger partial charge in [-0.25, -0.2) is 9.18 Å². The third-order valence-electron chi connectivity index (χ3n) is 4.59. The molecular formula is C23H21FN2O4. The van der Waals surface area contributed by atoms with Gasteiger partial charge in [0.05, 0.1) is 17.8 Å². The molecule has 3 rings (SSSR count). The van der Waals surface area contributed by atoms with Gasteiger partial charge >= 0.3 is 5.97 Å². The van der Waals surface area contributed by atoms with Crippen molar-refractivity contribution >= 4 is 23.2 Å². The molecule has 2 N–H and O–H groups in total. The summed E-state index contributed by atoms with van der Waals surface area (Å²) in [7, 11) is 0. The van der Waals surface area contributed by atoms with Crippen molar-refractivity contribution in [1.29, 1.82) is 0 Å². The highest BCUT2D eigenvalue weighted by Gasteiger charge is 2.21. The maximum Gasteiger partial charge on any atom is 0.372 e. The number of rotatable bonds is 10. The quantitative estimate of drug-likeness (QED) is 0.304. The lowest BCUT2D eigenvalue weighted by Crippen LogP contribution is -2.19. The molecule has 6 nitrogen and oxygen atoms in total. The van der Waals surface area contributed by atoms with Crippen molar-refractivity contribution in [3.63, 3.8) is 0 Å². The van der Waals surface area contributed by atoms with Crippen LogP contribution in [0.4, 0.5) is 10.1 Å². The maximum atomic E-state index is 13.2. The van der Waals surface area contributed by atoms with Crippen LogP contribution in [0.1, 0.15) is 28.0 Å². The van der Waals surface area contributed by atoms with Gasteiger partial charge in [0.25, 0.3) is 0 Å². The number of anilines is 1. The van der Waals surface area contributed by atoms with Crippen molar-refractivity contribution in [3.05, 3.63) is 89.5 Å². The molecule has 0 unspecified atom stereocenters. The van der Waals surface area contributed by atoms with Gasteiger partial charge in [-0.1, -0.05) is 42.5 Å². The SMILES string of the molecule is O=C(O)C(=O)CC(=O)c1cc(NCCc2ccccc2)cn1Cc1ccc(F)cc1. The number of aliphatic carboxylic acids is 1. The smallest absolute Gasteiger partial charge is 0.372 e. The Morgan fingerprint density at radius 2 is 1.67 bits per heavy atom. The summed E-state index contributed by atoms with van der Waals surface area (Å²) in [5.74, 6) is -3.74. The fourth-order valence-corrected chi connectivity index (χ4v) is 3.07. The molecule has 1 heterocycles. The van der Waals surface area contributed by atoms with Crippen LogP contribution in [0.25, 0.3) is 0 Å². The van der Waals surface area contributed by atoms with Crippen molar-refractivity contribution in [2.45, 2.75) is 19.4 Å². The largest absolute Gasteiger partial charge is 0.475 e. The number of ketones is 2. The number of carboxylic acids is 1. The maximum absolute atomic E-state index is 13.2. The van der Waals surface area contributed by atoms with Gasteiger partial charge in [0.1, 0.15) is 5.82 Å². The van der Waals surface area contributed by atoms with Crippen molar-refractivity contribution in [3.8, 4) is 0 Å². The Kier molecular flexibility index (Phi) is 6.75. The molecule has 0 aliphatic heterocycles. The number of hydrogen-bond acceptors (Lipinski definition) is 4. The van der Waals surface area contributed by atoms with Gasteiger partial charge in [-0.05, 0) is 35.7 Å². The summed E-state index contributed by atoms with van der Waals surface area (Å²) in [6.07, 6.45) is 1.80. The summed E-state index contributed by atoms with van der Waals surface area (Å²) in [6, 6.07) is 17.4. The minimum absolute atomic E-state index is 0.219. The van der Waals surface area contributed by atoms with Gasteiger partial charge in [0, 0.05) is 19.3 Å². The molecule has 3 aromatic rings. The van der Waals surface area contributed by atoms with E-state index in [-0.39, 0.29) is 18.1 Å². The van der Waals surface area contributed by atoms with Gasteiger partial charge in [-0.2, -0.15) is 0 Å². The summed E-state index contributed by atoms with van der Waals surface area (Å²) in [5, 5.41) is 12.0. The lowest BCUT2D eigenvalue weighted by Gasteiger charge is -2.08. The predicted molar refractivity (Wildman–Crippen MR) is 110 cm³/mol. The molecule has 0 aliphatic carbocycles. The van der Waals surface area contributed by atoms with E-state index in [1.807, 2.05) is 30.3 Å². The highest BCUT2D eigenvalue weighted by atomic mass is 19.1. The lowest BCUT2D eigenvalue weighted by molar-refractivity contribution is -0.148. The second-order valence-electron chi connectivity index (χ2n) is 6.86. The van der Waals surface area contributed by atoms with Gasteiger partial charge in [-0.3, -0.25) is 9.59 Å². The first kappa shape index (κ1) is 21.0. The summed E-state index contributed by atoms with van der Waals surface area (Å²) in [4.78, 5) is 34.8. The highest BCUT2D eigenvalue weighted by Crippen LogP contribution is 2.18. The first-order valence-electron chi connectivity index (χ1n) is 9.44. The Bertz CT molecular complexity index is 1040. The fourth-order valence-electron chi connectivity index (χ4n) is 3.07. The summed E-state index contributed by atoms with van der Waals surface area (Å²) >= 11 is 0. The van der Waals surface area contributed by atoms with Crippen molar-refractivity contribution in [2.24, 2.45) is 0 Å². The molecule has 7 heteroatoms. The minimum atomic E-state index is -1.64. The Morgan fingerprint density at radius 1 is 0.967 bits per heavy atom. The number of halogens is 1. The van der Waals surface area contributed by atoms with Crippen LogP contribution in [0.5, 0.6) is 0 Å². The number of benzene rings is 2. The molecule has 0 radical (unpaired) electrons. The Balaban J connectivity index is 1.77. The first-order chi connectivity index (χ1) is 14.4. The van der Waals surface area contributed by atoms with Crippen LogP contribution in [0.2, 0.25) is 0 Å². The number of Topliss-reactive ketones (excluding diaryl/α,β-unsaturated/α-hetero) is 2. The Labute approximate surface area is 173 Å². The van der Waals surface area contributed by atoms with Gasteiger partial charge < -0.3 is 15.0 Å². The van der Waals surface area contributed by atoms with E-state index in [0.717, 1.165) is 12.0 Å². The monoisotopic (exact) mass is 408 g/mol. The van der Waals surface area contributed by atoms with Crippen LogP contribution in [0, 0.1) is 5.82 Å². The van der Waals surface area contributed by atoms with Crippen molar-refractivity contribution in [1.82, 2.24) is 4.57 Å². The second kappa shape index (κ2) is 9.65. The molecule has 30 heavy (non-hydrogen) atoms. The van der Waals surface area contributed by atoms with Gasteiger partial charge in [0.2, 0.25) is 5.78 Å². The molecule has 0 aliphatic rings. The summed E-state index contributed by atoms with van der Waals surface area (Å²) < 4.78 is 14.8. The normalized spacial score (nSPS) is 10.6. The van der Waals surface area contributed by atoms with Crippen LogP contribution >= 0.6 is 0 Å². The zero-order chi connectivity index (χ0) is 21.5. The van der Waals surface area contributed by atoms with Crippen LogP contribution < -0.4 is 5.32 Å². The highest BCUT2D eigenvalue weighted by molar-refractivity contribution is 6.37. The Hall–Kier alpha value is -3.74. The molecule has 0 saturated carbocycles. The molecule has 1 aromatic heterocycles. The third kappa shape index (κ3) is 5.64. The van der Waals surface area contributed by atoms with Gasteiger partial charge in [0.15, 0.2) is 5.78 Å². The van der Waals surface area contributed by atoms with Gasteiger partial charge in [-0.15, -0.1) is 0 Å². The number of aromatic nitrogens is 1. The topological polar surface area (TPSA) is 88.4 Å². The number of carbonyl (C=O) groups is 3. The van der Waals surface area contributed by atoms with E-state index in [9.17, 15) is 18.8 Å². The zero-order valence-electron chi connectivity index (χ0n) is 16.2. The van der Waals surface area contributed by atoms with Crippen LogP contribution in [-0.2, 0) is 22.6 Å². The predicted octanol–water partition coefficient (Wildman–Crippen LogP) is 3.56. The summed E-state index contributed by atoms with van der Waals surface area (Å²) in [5.41, 5.74) is 2.83. The zero-order valence-corrected chi connectivity index (χ0v) is 16.2. The van der Waals surface area contributed by atoms with E-state index in [4.69, 9.17) is 5.11 Å². The van der Waals surface area contributed by atoms with Crippen LogP contribution in [0.15, 0.2) is 66.9 Å². The number of nitrogens with one attached hydrogen (secondary N) is 1. The molecule has 0 atom stereocenters. The van der Waals surface area contributed by atoms with Crippen molar-refractivity contribution in [2.75, 3.05) is 11.9 Å². The summed E-state index contributed by atoms with van der Waals surface area (Å²) in [6.45, 7) is 0.912. The lowest BCUT2D eigenvalue weighted by atomic mass is 10.1. The Morgan fingerprint density at radius 3 is 2.33 bits per heavy atom. The standard InChI is InChI=1S/C23H21FN2O4/c24-18-8-6-17(7-9-18)14-26-15-19(25-11-10-16-4-2-1-3-5-16)12-20(26)21(27)13-22(28)23(29)30/h1-9,12,15,25H,10-11,13-14H2,(H,29,30). The number of hydrogen-bond donors (Lipinski definition) is 2. The van der Waals surface area contributed by atoms with Crippen molar-refractivity contribution < 1.29 is 23.9 Å². The average molecular weight is 408 g/mol. The van der Waals surface area contributed by atoms with Crippen LogP contribution in [-0.4, -0.2) is 33.8 Å². The van der Waals surface area contributed by atoms with E-state index in [0.29, 0.717) is 12.2 Å². The third-order valence-corrected chi connectivity index (χ3v) is 4.59. The molecule has 0 fully saturated rings. The molecule has 154 valence electrons. The van der Waals surface area contributed by atoms with E-state index >= 15 is 0 Å². The second-order valence-corrected chi connectivity index (χ2v) is 6.86. The molecule has 0 amide bonds. The number of nitrogens with zero attached hydrogens (tertiary/aromatic N) is 1. The minimum Gasteiger partial charge on any atom is -0.475 e. The number of carbonyl (C=O) groups excluding carboxylic acids is 2. The van der Waals surface area contributed by atoms with E-state index in [1.165, 1.54) is 17.7 Å². The number of carboxylic acid groups (broad SMARTS) is 1. The average Bonchev–Trinajstić information content (AvgIpc) is 3.13. The first-order valence-corrected chi connectivity index (χ1v) is 9.44.